The average Bonchev–Trinajstić information content (AvgIpc) is 2.92. The number of nitrogens with zero attached hydrogens (tertiary/aromatic N) is 2. The topological polar surface area (TPSA) is 59.0 Å². The molecule has 21 heavy (non-hydrogen) atoms. The van der Waals surface area contributed by atoms with Crippen LogP contribution in [0.25, 0.3) is 6.20 Å². The molecule has 0 aliphatic carbocycles. The Morgan fingerprint density at radius 3 is 2.76 bits per heavy atom. The summed E-state index contributed by atoms with van der Waals surface area (Å²) in [4.78, 5) is 10.9. The first-order chi connectivity index (χ1) is 10.2. The smallest absolute Gasteiger partial charge is 0.221 e. The minimum atomic E-state index is -0.0525. The van der Waals surface area contributed by atoms with Crippen molar-refractivity contribution in [3.05, 3.63) is 54.4 Å². The van der Waals surface area contributed by atoms with E-state index in [2.05, 4.69) is 22.3 Å². The molecule has 0 aliphatic heterocycles. The molecule has 110 valence electrons. The average molecular weight is 284 g/mol. The van der Waals surface area contributed by atoms with Crippen LogP contribution >= 0.6 is 0 Å². The van der Waals surface area contributed by atoms with E-state index in [4.69, 9.17) is 0 Å². The largest absolute Gasteiger partial charge is 0.326 e. The van der Waals surface area contributed by atoms with Crippen LogP contribution < -0.4 is 10.6 Å². The van der Waals surface area contributed by atoms with Gasteiger partial charge in [-0.2, -0.15) is 5.10 Å². The lowest BCUT2D eigenvalue weighted by Gasteiger charge is -2.07. The van der Waals surface area contributed by atoms with Crippen LogP contribution in [-0.4, -0.2) is 22.2 Å². The molecular formula is C16H20N4O. The fourth-order valence-corrected chi connectivity index (χ4v) is 2.05. The van der Waals surface area contributed by atoms with Crippen molar-refractivity contribution in [2.45, 2.75) is 19.9 Å². The zero-order valence-corrected chi connectivity index (χ0v) is 12.2. The molecule has 0 spiro atoms. The van der Waals surface area contributed by atoms with E-state index in [0.717, 1.165) is 30.9 Å². The normalized spacial score (nSPS) is 10.3. The van der Waals surface area contributed by atoms with Gasteiger partial charge in [0.05, 0.1) is 5.69 Å². The molecule has 0 saturated heterocycles. The molecule has 5 heteroatoms. The molecule has 0 aliphatic rings. The van der Waals surface area contributed by atoms with Crippen molar-refractivity contribution in [2.24, 2.45) is 0 Å². The number of aromatic nitrogens is 2. The zero-order valence-electron chi connectivity index (χ0n) is 12.2. The lowest BCUT2D eigenvalue weighted by molar-refractivity contribution is -0.114. The Bertz CT molecular complexity index is 601. The van der Waals surface area contributed by atoms with Gasteiger partial charge in [-0.1, -0.05) is 18.7 Å². The summed E-state index contributed by atoms with van der Waals surface area (Å²) in [5.74, 6) is -0.0525. The lowest BCUT2D eigenvalue weighted by atomic mass is 10.1. The highest BCUT2D eigenvalue weighted by molar-refractivity contribution is 5.88. The molecule has 0 radical (unpaired) electrons. The summed E-state index contributed by atoms with van der Waals surface area (Å²) in [5, 5.41) is 10.3. The van der Waals surface area contributed by atoms with Crippen LogP contribution in [0.15, 0.2) is 43.1 Å². The number of anilines is 1. The summed E-state index contributed by atoms with van der Waals surface area (Å²) in [7, 11) is 0. The molecule has 1 aromatic carbocycles. The molecule has 0 saturated carbocycles. The lowest BCUT2D eigenvalue weighted by Crippen LogP contribution is -2.18. The third kappa shape index (κ3) is 4.57. The Labute approximate surface area is 124 Å². The second-order valence-corrected chi connectivity index (χ2v) is 4.75. The first-order valence-corrected chi connectivity index (χ1v) is 6.91. The zero-order chi connectivity index (χ0) is 15.1. The van der Waals surface area contributed by atoms with Crippen molar-refractivity contribution < 1.29 is 4.79 Å². The van der Waals surface area contributed by atoms with Crippen molar-refractivity contribution in [3.8, 4) is 0 Å². The van der Waals surface area contributed by atoms with Gasteiger partial charge in [-0.05, 0) is 36.7 Å². The monoisotopic (exact) mass is 284 g/mol. The maximum atomic E-state index is 10.9. The van der Waals surface area contributed by atoms with Gasteiger partial charge in [0.15, 0.2) is 0 Å². The number of hydrogen-bond donors (Lipinski definition) is 2. The van der Waals surface area contributed by atoms with Crippen LogP contribution in [0.4, 0.5) is 5.69 Å². The van der Waals surface area contributed by atoms with Gasteiger partial charge in [-0.15, -0.1) is 0 Å². The fraction of sp³-hybridized carbons (Fsp3) is 0.250. The quantitative estimate of drug-likeness (QED) is 0.767. The number of benzene rings is 1. The fourth-order valence-electron chi connectivity index (χ4n) is 2.05. The van der Waals surface area contributed by atoms with Crippen molar-refractivity contribution >= 4 is 17.8 Å². The predicted octanol–water partition coefficient (Wildman–Crippen LogP) is 2.27. The molecule has 0 bridgehead atoms. The van der Waals surface area contributed by atoms with Crippen molar-refractivity contribution in [1.29, 1.82) is 0 Å². The van der Waals surface area contributed by atoms with Gasteiger partial charge in [0.2, 0.25) is 5.91 Å². The summed E-state index contributed by atoms with van der Waals surface area (Å²) in [5.41, 5.74) is 3.15. The maximum Gasteiger partial charge on any atom is 0.221 e. The number of amides is 1. The van der Waals surface area contributed by atoms with Gasteiger partial charge < -0.3 is 10.6 Å². The Morgan fingerprint density at radius 2 is 2.10 bits per heavy atom. The van der Waals surface area contributed by atoms with Crippen LogP contribution in [0.2, 0.25) is 0 Å². The first kappa shape index (κ1) is 15.0. The molecule has 2 N–H and O–H groups in total. The van der Waals surface area contributed by atoms with E-state index < -0.39 is 0 Å². The van der Waals surface area contributed by atoms with Crippen LogP contribution in [0.3, 0.4) is 0 Å². The summed E-state index contributed by atoms with van der Waals surface area (Å²) < 4.78 is 1.76. The Morgan fingerprint density at radius 1 is 1.33 bits per heavy atom. The molecule has 5 nitrogen and oxygen atoms in total. The number of carbonyl (C=O) groups excluding carboxylic acids is 1. The van der Waals surface area contributed by atoms with E-state index in [1.54, 1.807) is 17.1 Å². The minimum Gasteiger partial charge on any atom is -0.326 e. The van der Waals surface area contributed by atoms with Crippen molar-refractivity contribution in [1.82, 2.24) is 15.1 Å². The number of carbonyl (C=O) groups is 1. The number of rotatable bonds is 7. The number of nitrogens with one attached hydrogen (secondary N) is 2. The van der Waals surface area contributed by atoms with E-state index >= 15 is 0 Å². The molecule has 2 rings (SSSR count). The SMILES string of the molecule is C=Cn1nccc1CNCCc1ccc(NC(C)=O)cc1. The molecule has 0 atom stereocenters. The molecule has 1 aromatic heterocycles. The van der Waals surface area contributed by atoms with Crippen LogP contribution in [0, 0.1) is 0 Å². The maximum absolute atomic E-state index is 10.9. The van der Waals surface area contributed by atoms with Gasteiger partial charge >= 0.3 is 0 Å². The van der Waals surface area contributed by atoms with Gasteiger partial charge in [-0.3, -0.25) is 4.79 Å². The van der Waals surface area contributed by atoms with E-state index in [-0.39, 0.29) is 5.91 Å². The van der Waals surface area contributed by atoms with Crippen LogP contribution in [0.5, 0.6) is 0 Å². The summed E-state index contributed by atoms with van der Waals surface area (Å²) in [6.45, 7) is 6.85. The third-order valence-electron chi connectivity index (χ3n) is 3.10. The standard InChI is InChI=1S/C16H20N4O/c1-3-20-16(9-11-18-20)12-17-10-8-14-4-6-15(7-5-14)19-13(2)21/h3-7,9,11,17H,1,8,10,12H2,2H3,(H,19,21). The van der Waals surface area contributed by atoms with Crippen molar-refractivity contribution in [3.63, 3.8) is 0 Å². The van der Waals surface area contributed by atoms with Crippen LogP contribution in [0.1, 0.15) is 18.2 Å². The summed E-state index contributed by atoms with van der Waals surface area (Å²) in [6, 6.07) is 9.87. The highest BCUT2D eigenvalue weighted by atomic mass is 16.1. The predicted molar refractivity (Wildman–Crippen MR) is 84.8 cm³/mol. The van der Waals surface area contributed by atoms with Crippen LogP contribution in [-0.2, 0) is 17.8 Å². The third-order valence-corrected chi connectivity index (χ3v) is 3.10. The second kappa shape index (κ2) is 7.40. The highest BCUT2D eigenvalue weighted by Gasteiger charge is 2.00. The van der Waals surface area contributed by atoms with E-state index in [1.807, 2.05) is 30.3 Å². The molecule has 0 unspecified atom stereocenters. The molecule has 1 amide bonds. The van der Waals surface area contributed by atoms with Gasteiger partial charge in [0.25, 0.3) is 0 Å². The van der Waals surface area contributed by atoms with Gasteiger partial charge in [0, 0.05) is 31.6 Å². The molecule has 1 heterocycles. The van der Waals surface area contributed by atoms with Gasteiger partial charge in [-0.25, -0.2) is 4.68 Å². The molecular weight excluding hydrogens is 264 g/mol. The van der Waals surface area contributed by atoms with E-state index in [1.165, 1.54) is 12.5 Å². The second-order valence-electron chi connectivity index (χ2n) is 4.75. The number of hydrogen-bond acceptors (Lipinski definition) is 3. The summed E-state index contributed by atoms with van der Waals surface area (Å²) >= 11 is 0. The van der Waals surface area contributed by atoms with Gasteiger partial charge in [0.1, 0.15) is 0 Å². The highest BCUT2D eigenvalue weighted by Crippen LogP contribution is 2.09. The minimum absolute atomic E-state index is 0.0525. The Kier molecular flexibility index (Phi) is 5.29. The first-order valence-electron chi connectivity index (χ1n) is 6.91. The van der Waals surface area contributed by atoms with Crippen molar-refractivity contribution in [2.75, 3.05) is 11.9 Å². The molecule has 0 fully saturated rings. The molecule has 2 aromatic rings. The van der Waals surface area contributed by atoms with E-state index in [9.17, 15) is 4.79 Å². The Hall–Kier alpha value is -2.40. The van der Waals surface area contributed by atoms with E-state index in [0.29, 0.717) is 0 Å². The summed E-state index contributed by atoms with van der Waals surface area (Å²) in [6.07, 6.45) is 4.39. The Balaban J connectivity index is 1.76.